The predicted octanol–water partition coefficient (Wildman–Crippen LogP) is 4.65. The number of anilines is 3. The Labute approximate surface area is 226 Å². The van der Waals surface area contributed by atoms with Crippen LogP contribution < -0.4 is 15.0 Å². The van der Waals surface area contributed by atoms with Crippen LogP contribution in [0, 0.1) is 5.92 Å². The van der Waals surface area contributed by atoms with E-state index in [0.29, 0.717) is 47.7 Å². The van der Waals surface area contributed by atoms with Crippen LogP contribution in [0.2, 0.25) is 5.02 Å². The van der Waals surface area contributed by atoms with E-state index < -0.39 is 5.60 Å². The average molecular weight is 539 g/mol. The van der Waals surface area contributed by atoms with Crippen LogP contribution >= 0.6 is 11.6 Å². The number of likely N-dealkylation sites (tertiary alicyclic amines) is 1. The van der Waals surface area contributed by atoms with Gasteiger partial charge in [0.05, 0.1) is 42.4 Å². The number of carbonyl (C=O) groups is 1. The summed E-state index contributed by atoms with van der Waals surface area (Å²) in [7, 11) is 0. The summed E-state index contributed by atoms with van der Waals surface area (Å²) < 4.78 is 16.6. The molecule has 3 aliphatic heterocycles. The maximum Gasteiger partial charge on any atom is 0.410 e. The number of nitrogens with one attached hydrogen (secondary N) is 1. The van der Waals surface area contributed by atoms with Crippen molar-refractivity contribution in [2.75, 3.05) is 43.1 Å². The minimum absolute atomic E-state index is 0.108. The number of hydrogen-bond acceptors (Lipinski definition) is 9. The van der Waals surface area contributed by atoms with Crippen molar-refractivity contribution in [2.24, 2.45) is 5.92 Å². The quantitative estimate of drug-likeness (QED) is 0.480. The zero-order valence-corrected chi connectivity index (χ0v) is 22.4. The maximum absolute atomic E-state index is 12.6. The number of rotatable bonds is 6. The molecule has 1 amide bonds. The Morgan fingerprint density at radius 2 is 2.00 bits per heavy atom. The number of amides is 1. The normalized spacial score (nSPS) is 21.1. The Hall–Kier alpha value is -3.37. The molecule has 200 valence electrons. The first-order valence-corrected chi connectivity index (χ1v) is 13.3. The van der Waals surface area contributed by atoms with Gasteiger partial charge in [0.1, 0.15) is 29.0 Å². The van der Waals surface area contributed by atoms with Crippen LogP contribution in [0.5, 0.6) is 5.75 Å². The maximum atomic E-state index is 12.6. The summed E-state index contributed by atoms with van der Waals surface area (Å²) in [5.41, 5.74) is 1.66. The van der Waals surface area contributed by atoms with Gasteiger partial charge in [-0.05, 0) is 57.5 Å². The third-order valence-corrected chi connectivity index (χ3v) is 7.30. The number of pyridine rings is 1. The second-order valence-electron chi connectivity index (χ2n) is 11.1. The molecule has 3 aromatic rings. The lowest BCUT2D eigenvalue weighted by Crippen LogP contribution is -2.50. The highest BCUT2D eigenvalue weighted by Gasteiger charge is 2.47. The van der Waals surface area contributed by atoms with Gasteiger partial charge in [-0.25, -0.2) is 19.7 Å². The first-order valence-electron chi connectivity index (χ1n) is 12.9. The monoisotopic (exact) mass is 538 g/mol. The second-order valence-corrected chi connectivity index (χ2v) is 11.5. The van der Waals surface area contributed by atoms with Crippen LogP contribution in [0.3, 0.4) is 0 Å². The van der Waals surface area contributed by atoms with Gasteiger partial charge < -0.3 is 29.3 Å². The number of carbonyl (C=O) groups excluding carboxylic acids is 1. The largest absolute Gasteiger partial charge is 0.492 e. The Morgan fingerprint density at radius 1 is 1.16 bits per heavy atom. The molecule has 0 unspecified atom stereocenters. The molecule has 10 nitrogen and oxygen atoms in total. The summed E-state index contributed by atoms with van der Waals surface area (Å²) in [6.07, 6.45) is 2.17. The molecule has 2 atom stereocenters. The van der Waals surface area contributed by atoms with Gasteiger partial charge in [-0.15, -0.1) is 0 Å². The molecule has 0 saturated carbocycles. The molecule has 2 aromatic heterocycles. The van der Waals surface area contributed by atoms with Crippen molar-refractivity contribution in [3.05, 3.63) is 41.7 Å². The Balaban J connectivity index is 1.17. The molecule has 3 aliphatic rings. The summed E-state index contributed by atoms with van der Waals surface area (Å²) in [5.74, 6) is 2.49. The Morgan fingerprint density at radius 3 is 2.68 bits per heavy atom. The fraction of sp³-hybridized carbons (Fsp3) is 0.481. The molecule has 5 heterocycles. The first-order chi connectivity index (χ1) is 18.2. The molecule has 38 heavy (non-hydrogen) atoms. The minimum Gasteiger partial charge on any atom is -0.492 e. The molecule has 0 spiro atoms. The van der Waals surface area contributed by atoms with Gasteiger partial charge in [0, 0.05) is 24.7 Å². The van der Waals surface area contributed by atoms with Crippen LogP contribution in [0.15, 0.2) is 36.7 Å². The second kappa shape index (κ2) is 9.74. The number of ether oxygens (including phenoxy) is 3. The van der Waals surface area contributed by atoms with Gasteiger partial charge in [0.25, 0.3) is 0 Å². The van der Waals surface area contributed by atoms with Gasteiger partial charge in [0.15, 0.2) is 5.82 Å². The average Bonchev–Trinajstić information content (AvgIpc) is 3.45. The van der Waals surface area contributed by atoms with Crippen LogP contribution in [0.4, 0.5) is 22.1 Å². The molecule has 6 rings (SSSR count). The highest BCUT2D eigenvalue weighted by atomic mass is 35.5. The molecule has 3 fully saturated rings. The Kier molecular flexibility index (Phi) is 6.39. The molecule has 2 bridgehead atoms. The minimum atomic E-state index is -0.509. The summed E-state index contributed by atoms with van der Waals surface area (Å²) in [6, 6.07) is 9.80. The van der Waals surface area contributed by atoms with E-state index >= 15 is 0 Å². The summed E-state index contributed by atoms with van der Waals surface area (Å²) in [6.45, 7) is 9.05. The van der Waals surface area contributed by atoms with Crippen molar-refractivity contribution in [3.8, 4) is 5.75 Å². The van der Waals surface area contributed by atoms with Gasteiger partial charge in [-0.3, -0.25) is 0 Å². The van der Waals surface area contributed by atoms with Gasteiger partial charge >= 0.3 is 6.09 Å². The summed E-state index contributed by atoms with van der Waals surface area (Å²) in [5, 5.41) is 3.85. The zero-order valence-electron chi connectivity index (χ0n) is 21.7. The highest BCUT2D eigenvalue weighted by Crippen LogP contribution is 2.36. The van der Waals surface area contributed by atoms with E-state index in [1.165, 1.54) is 6.33 Å². The SMILES string of the molecule is CC(C)(C)OC(=O)N1C[C@@H]2C[C@H]1CN2c1ccc2ncnc(Nc3ccc(OCC4COC4)c(Cl)c3)c2n1. The standard InChI is InChI=1S/C27H31ClN6O4/c1-27(2,3)38-26(35)34-11-18-9-19(34)10-33(18)23-7-5-21-24(32-23)25(30-15-29-21)31-17-4-6-22(20(28)8-17)37-14-16-12-36-13-16/h4-8,15-16,18-19H,9-14H2,1-3H3,(H,29,30,31)/t18-,19-/m0/s1. The van der Waals surface area contributed by atoms with Crippen LogP contribution in [0.1, 0.15) is 27.2 Å². The fourth-order valence-electron chi connectivity index (χ4n) is 5.09. The lowest BCUT2D eigenvalue weighted by atomic mass is 10.1. The van der Waals surface area contributed by atoms with Crippen molar-refractivity contribution < 1.29 is 19.0 Å². The molecule has 0 aliphatic carbocycles. The summed E-state index contributed by atoms with van der Waals surface area (Å²) in [4.78, 5) is 30.5. The van der Waals surface area contributed by atoms with Crippen molar-refractivity contribution >= 4 is 46.1 Å². The van der Waals surface area contributed by atoms with Crippen molar-refractivity contribution in [1.82, 2.24) is 19.9 Å². The number of fused-ring (bicyclic) bond motifs is 3. The zero-order chi connectivity index (χ0) is 26.4. The van der Waals surface area contributed by atoms with E-state index in [2.05, 4.69) is 20.2 Å². The number of nitrogens with zero attached hydrogens (tertiary/aromatic N) is 5. The fourth-order valence-corrected chi connectivity index (χ4v) is 5.33. The molecule has 1 aromatic carbocycles. The van der Waals surface area contributed by atoms with Crippen molar-refractivity contribution in [3.63, 3.8) is 0 Å². The number of piperazine rings is 1. The van der Waals surface area contributed by atoms with E-state index in [1.54, 1.807) is 0 Å². The third-order valence-electron chi connectivity index (χ3n) is 7.01. The van der Waals surface area contributed by atoms with Crippen LogP contribution in [-0.4, -0.2) is 76.5 Å². The van der Waals surface area contributed by atoms with Crippen LogP contribution in [-0.2, 0) is 9.47 Å². The molecule has 0 radical (unpaired) electrons. The van der Waals surface area contributed by atoms with E-state index in [-0.39, 0.29) is 18.2 Å². The Bertz CT molecular complexity index is 1360. The summed E-state index contributed by atoms with van der Waals surface area (Å²) >= 11 is 6.49. The topological polar surface area (TPSA) is 102 Å². The predicted molar refractivity (Wildman–Crippen MR) is 144 cm³/mol. The van der Waals surface area contributed by atoms with Crippen molar-refractivity contribution in [2.45, 2.75) is 44.9 Å². The lowest BCUT2D eigenvalue weighted by molar-refractivity contribution is -0.0508. The van der Waals surface area contributed by atoms with Gasteiger partial charge in [-0.2, -0.15) is 0 Å². The first kappa shape index (κ1) is 24.9. The van der Waals surface area contributed by atoms with E-state index in [1.807, 2.05) is 56.0 Å². The number of benzene rings is 1. The van der Waals surface area contributed by atoms with E-state index in [4.69, 9.17) is 30.8 Å². The smallest absolute Gasteiger partial charge is 0.410 e. The van der Waals surface area contributed by atoms with Crippen LogP contribution in [0.25, 0.3) is 11.0 Å². The molecular formula is C27H31ClN6O4. The molecule has 3 saturated heterocycles. The van der Waals surface area contributed by atoms with Gasteiger partial charge in [-0.1, -0.05) is 11.6 Å². The number of aromatic nitrogens is 3. The number of hydrogen-bond donors (Lipinski definition) is 1. The van der Waals surface area contributed by atoms with E-state index in [9.17, 15) is 4.79 Å². The molecule has 1 N–H and O–H groups in total. The van der Waals surface area contributed by atoms with Gasteiger partial charge in [0.2, 0.25) is 0 Å². The molecular weight excluding hydrogens is 508 g/mol. The van der Waals surface area contributed by atoms with E-state index in [0.717, 1.165) is 36.7 Å². The number of halogens is 1. The molecule has 11 heteroatoms. The third kappa shape index (κ3) is 5.02. The highest BCUT2D eigenvalue weighted by molar-refractivity contribution is 6.32. The van der Waals surface area contributed by atoms with Crippen molar-refractivity contribution in [1.29, 1.82) is 0 Å². The lowest BCUT2D eigenvalue weighted by Gasteiger charge is -2.35.